The summed E-state index contributed by atoms with van der Waals surface area (Å²) in [6.07, 6.45) is 8.39. The van der Waals surface area contributed by atoms with Gasteiger partial charge in [0.2, 0.25) is 0 Å². The number of fused-ring (bicyclic) bond motifs is 1. The van der Waals surface area contributed by atoms with E-state index in [9.17, 15) is 0 Å². The van der Waals surface area contributed by atoms with Crippen LogP contribution < -0.4 is 5.32 Å². The van der Waals surface area contributed by atoms with Crippen molar-refractivity contribution in [1.82, 2.24) is 19.5 Å². The van der Waals surface area contributed by atoms with E-state index in [1.54, 1.807) is 12.4 Å². The molecule has 20 heavy (non-hydrogen) atoms. The first-order valence-corrected chi connectivity index (χ1v) is 6.81. The van der Waals surface area contributed by atoms with Crippen LogP contribution in [-0.2, 0) is 13.1 Å². The molecular formula is C15H17N5. The number of anilines is 1. The normalized spacial score (nSPS) is 10.8. The molecule has 5 nitrogen and oxygen atoms in total. The lowest BCUT2D eigenvalue weighted by Gasteiger charge is -2.09. The highest BCUT2D eigenvalue weighted by molar-refractivity contribution is 5.78. The summed E-state index contributed by atoms with van der Waals surface area (Å²) < 4.78 is 2.17. The van der Waals surface area contributed by atoms with Crippen LogP contribution in [0.15, 0.2) is 43.0 Å². The summed E-state index contributed by atoms with van der Waals surface area (Å²) in [6.45, 7) is 3.87. The third-order valence-electron chi connectivity index (χ3n) is 3.19. The van der Waals surface area contributed by atoms with Crippen LogP contribution in [0, 0.1) is 0 Å². The number of aromatic nitrogens is 4. The van der Waals surface area contributed by atoms with Gasteiger partial charge in [-0.1, -0.05) is 6.92 Å². The van der Waals surface area contributed by atoms with Gasteiger partial charge in [-0.25, -0.2) is 4.98 Å². The van der Waals surface area contributed by atoms with Crippen LogP contribution in [0.2, 0.25) is 0 Å². The number of nitrogens with one attached hydrogen (secondary N) is 1. The maximum absolute atomic E-state index is 4.38. The monoisotopic (exact) mass is 267 g/mol. The Morgan fingerprint density at radius 2 is 1.90 bits per heavy atom. The molecule has 2 heterocycles. The highest BCUT2D eigenvalue weighted by Gasteiger charge is 2.03. The fourth-order valence-electron chi connectivity index (χ4n) is 2.21. The van der Waals surface area contributed by atoms with Gasteiger partial charge in [0.25, 0.3) is 0 Å². The number of hydrogen-bond donors (Lipinski definition) is 1. The van der Waals surface area contributed by atoms with Gasteiger partial charge in [0, 0.05) is 37.0 Å². The van der Waals surface area contributed by atoms with Crippen molar-refractivity contribution < 1.29 is 0 Å². The van der Waals surface area contributed by atoms with Gasteiger partial charge in [0.15, 0.2) is 0 Å². The van der Waals surface area contributed by atoms with E-state index < -0.39 is 0 Å². The molecule has 0 fully saturated rings. The Morgan fingerprint density at radius 3 is 2.75 bits per heavy atom. The van der Waals surface area contributed by atoms with Crippen molar-refractivity contribution in [1.29, 1.82) is 0 Å². The zero-order valence-corrected chi connectivity index (χ0v) is 11.5. The summed E-state index contributed by atoms with van der Waals surface area (Å²) in [4.78, 5) is 13.0. The molecule has 0 radical (unpaired) electrons. The Labute approximate surface area is 117 Å². The van der Waals surface area contributed by atoms with Crippen LogP contribution in [0.1, 0.15) is 19.2 Å². The second kappa shape index (κ2) is 5.69. The molecule has 1 N–H and O–H groups in total. The van der Waals surface area contributed by atoms with Gasteiger partial charge >= 0.3 is 0 Å². The van der Waals surface area contributed by atoms with Gasteiger partial charge in [0.05, 0.1) is 17.6 Å². The van der Waals surface area contributed by atoms with Gasteiger partial charge in [-0.15, -0.1) is 0 Å². The number of rotatable bonds is 5. The molecular weight excluding hydrogens is 250 g/mol. The smallest absolute Gasteiger partial charge is 0.128 e. The number of imidazole rings is 1. The molecule has 0 saturated heterocycles. The zero-order chi connectivity index (χ0) is 13.8. The highest BCUT2D eigenvalue weighted by Crippen LogP contribution is 2.15. The molecule has 0 saturated carbocycles. The third-order valence-corrected chi connectivity index (χ3v) is 3.19. The molecule has 1 aromatic carbocycles. The van der Waals surface area contributed by atoms with E-state index in [2.05, 4.69) is 31.8 Å². The molecule has 5 heteroatoms. The number of hydrogen-bond acceptors (Lipinski definition) is 4. The number of benzene rings is 1. The molecule has 0 aliphatic heterocycles. The number of aryl methyl sites for hydroxylation is 1. The first-order chi connectivity index (χ1) is 9.86. The van der Waals surface area contributed by atoms with Crippen molar-refractivity contribution >= 4 is 16.7 Å². The zero-order valence-electron chi connectivity index (χ0n) is 11.5. The van der Waals surface area contributed by atoms with Gasteiger partial charge < -0.3 is 9.88 Å². The van der Waals surface area contributed by atoms with Crippen molar-refractivity contribution in [2.24, 2.45) is 0 Å². The second-order valence-electron chi connectivity index (χ2n) is 4.65. The van der Waals surface area contributed by atoms with Crippen molar-refractivity contribution in [2.75, 3.05) is 5.32 Å². The van der Waals surface area contributed by atoms with Crippen molar-refractivity contribution in [2.45, 2.75) is 26.4 Å². The van der Waals surface area contributed by atoms with Gasteiger partial charge in [-0.05, 0) is 24.6 Å². The predicted molar refractivity (Wildman–Crippen MR) is 79.4 cm³/mol. The van der Waals surface area contributed by atoms with Crippen LogP contribution in [0.4, 0.5) is 5.69 Å². The van der Waals surface area contributed by atoms with Crippen LogP contribution >= 0.6 is 0 Å². The molecule has 0 atom stereocenters. The van der Waals surface area contributed by atoms with Crippen molar-refractivity contribution in [3.05, 3.63) is 48.8 Å². The third kappa shape index (κ3) is 2.61. The minimum atomic E-state index is 0.707. The predicted octanol–water partition coefficient (Wildman–Crippen LogP) is 2.85. The molecule has 102 valence electrons. The average Bonchev–Trinajstić information content (AvgIpc) is 2.93. The van der Waals surface area contributed by atoms with E-state index in [4.69, 9.17) is 0 Å². The summed E-state index contributed by atoms with van der Waals surface area (Å²) in [5.41, 5.74) is 2.84. The molecule has 0 aliphatic carbocycles. The summed E-state index contributed by atoms with van der Waals surface area (Å²) in [5.74, 6) is 1.05. The van der Waals surface area contributed by atoms with E-state index in [1.165, 1.54) is 0 Å². The Balaban J connectivity index is 1.74. The molecule has 2 aromatic heterocycles. The van der Waals surface area contributed by atoms with Crippen molar-refractivity contribution in [3.63, 3.8) is 0 Å². The largest absolute Gasteiger partial charge is 0.378 e. The lowest BCUT2D eigenvalue weighted by Crippen LogP contribution is -2.08. The molecule has 3 rings (SSSR count). The summed E-state index contributed by atoms with van der Waals surface area (Å²) in [7, 11) is 0. The maximum Gasteiger partial charge on any atom is 0.128 e. The van der Waals surface area contributed by atoms with Gasteiger partial charge in [-0.3, -0.25) is 9.97 Å². The number of nitrogens with zero attached hydrogens (tertiary/aromatic N) is 4. The average molecular weight is 267 g/mol. The standard InChI is InChI=1S/C15H17N5/c1-2-8-20-9-7-18-15(20)11-19-12-3-4-13-14(10-12)17-6-5-16-13/h3-7,9-10,19H,2,8,11H2,1H3. The summed E-state index contributed by atoms with van der Waals surface area (Å²) in [5, 5.41) is 3.39. The van der Waals surface area contributed by atoms with E-state index in [0.717, 1.165) is 35.5 Å². The summed E-state index contributed by atoms with van der Waals surface area (Å²) in [6, 6.07) is 6.00. The van der Waals surface area contributed by atoms with Crippen molar-refractivity contribution in [3.8, 4) is 0 Å². The minimum Gasteiger partial charge on any atom is -0.378 e. The Bertz CT molecular complexity index is 704. The molecule has 0 spiro atoms. The topological polar surface area (TPSA) is 55.6 Å². The Hall–Kier alpha value is -2.43. The van der Waals surface area contributed by atoms with E-state index >= 15 is 0 Å². The molecule has 0 bridgehead atoms. The van der Waals surface area contributed by atoms with E-state index in [-0.39, 0.29) is 0 Å². The van der Waals surface area contributed by atoms with Crippen LogP contribution in [-0.4, -0.2) is 19.5 Å². The first-order valence-electron chi connectivity index (χ1n) is 6.81. The van der Waals surface area contributed by atoms with Crippen LogP contribution in [0.3, 0.4) is 0 Å². The molecule has 0 amide bonds. The minimum absolute atomic E-state index is 0.707. The Kier molecular flexibility index (Phi) is 3.58. The lowest BCUT2D eigenvalue weighted by molar-refractivity contribution is 0.644. The first kappa shape index (κ1) is 12.6. The summed E-state index contributed by atoms with van der Waals surface area (Å²) >= 11 is 0. The molecule has 3 aromatic rings. The van der Waals surface area contributed by atoms with Gasteiger partial charge in [-0.2, -0.15) is 0 Å². The highest BCUT2D eigenvalue weighted by atomic mass is 15.1. The fraction of sp³-hybridized carbons (Fsp3) is 0.267. The molecule has 0 unspecified atom stereocenters. The van der Waals surface area contributed by atoms with Crippen LogP contribution in [0.5, 0.6) is 0 Å². The maximum atomic E-state index is 4.38. The van der Waals surface area contributed by atoms with E-state index in [0.29, 0.717) is 6.54 Å². The van der Waals surface area contributed by atoms with E-state index in [1.807, 2.05) is 30.6 Å². The lowest BCUT2D eigenvalue weighted by atomic mass is 10.2. The quantitative estimate of drug-likeness (QED) is 0.772. The fourth-order valence-corrected chi connectivity index (χ4v) is 2.21. The van der Waals surface area contributed by atoms with Crippen LogP contribution in [0.25, 0.3) is 11.0 Å². The SMILES string of the molecule is CCCn1ccnc1CNc1ccc2nccnc2c1. The molecule has 0 aliphatic rings. The second-order valence-corrected chi connectivity index (χ2v) is 4.65. The van der Waals surface area contributed by atoms with Gasteiger partial charge in [0.1, 0.15) is 5.82 Å². The Morgan fingerprint density at radius 1 is 1.05 bits per heavy atom.